The summed E-state index contributed by atoms with van der Waals surface area (Å²) in [4.78, 5) is 37.4. The molecule has 130 valence electrons. The predicted octanol–water partition coefficient (Wildman–Crippen LogP) is 3.29. The van der Waals surface area contributed by atoms with Crippen molar-refractivity contribution in [2.45, 2.75) is 20.3 Å². The van der Waals surface area contributed by atoms with Crippen molar-refractivity contribution in [3.63, 3.8) is 0 Å². The van der Waals surface area contributed by atoms with Crippen LogP contribution in [0.5, 0.6) is 0 Å². The molecule has 0 fully saturated rings. The maximum Gasteiger partial charge on any atom is 0.309 e. The lowest BCUT2D eigenvalue weighted by Crippen LogP contribution is -2.31. The second-order valence-corrected chi connectivity index (χ2v) is 5.75. The molecule has 25 heavy (non-hydrogen) atoms. The molecule has 0 unspecified atom stereocenters. The number of allylic oxidation sites excluding steroid dienone is 3. The van der Waals surface area contributed by atoms with E-state index in [9.17, 15) is 14.4 Å². The van der Waals surface area contributed by atoms with Crippen molar-refractivity contribution in [2.75, 3.05) is 13.7 Å². The first-order valence-electron chi connectivity index (χ1n) is 7.99. The van der Waals surface area contributed by atoms with Crippen LogP contribution >= 0.6 is 0 Å². The third kappa shape index (κ3) is 4.32. The van der Waals surface area contributed by atoms with Crippen molar-refractivity contribution >= 4 is 17.8 Å². The standard InChI is InChI=1S/C20H21NO4/c1-4-7-15(11-10-14(2)12-18(22)25-3)13-21-19(23)16-8-5-6-9-17(16)20(21)24/h4-11H,12-13H2,1-3H3/b7-4-,14-10+,15-11+. The average molecular weight is 339 g/mol. The van der Waals surface area contributed by atoms with Gasteiger partial charge in [-0.2, -0.15) is 0 Å². The van der Waals surface area contributed by atoms with E-state index in [-0.39, 0.29) is 30.7 Å². The van der Waals surface area contributed by atoms with Crippen LogP contribution in [0.25, 0.3) is 0 Å². The molecule has 0 saturated carbocycles. The highest BCUT2D eigenvalue weighted by Crippen LogP contribution is 2.23. The Morgan fingerprint density at radius 2 is 1.72 bits per heavy atom. The number of carbonyl (C=O) groups is 3. The quantitative estimate of drug-likeness (QED) is 0.453. The van der Waals surface area contributed by atoms with Crippen molar-refractivity contribution in [1.82, 2.24) is 4.90 Å². The van der Waals surface area contributed by atoms with Crippen LogP contribution in [0.15, 0.2) is 59.7 Å². The molecule has 0 N–H and O–H groups in total. The number of fused-ring (bicyclic) bond motifs is 1. The molecular formula is C20H21NO4. The maximum atomic E-state index is 12.4. The number of hydrogen-bond donors (Lipinski definition) is 0. The van der Waals surface area contributed by atoms with Gasteiger partial charge in [-0.3, -0.25) is 19.3 Å². The fourth-order valence-corrected chi connectivity index (χ4v) is 2.55. The van der Waals surface area contributed by atoms with Crippen LogP contribution in [0.3, 0.4) is 0 Å². The van der Waals surface area contributed by atoms with Crippen molar-refractivity contribution in [3.8, 4) is 0 Å². The van der Waals surface area contributed by atoms with Crippen LogP contribution in [0.4, 0.5) is 0 Å². The third-order valence-electron chi connectivity index (χ3n) is 3.83. The summed E-state index contributed by atoms with van der Waals surface area (Å²) in [5.41, 5.74) is 2.49. The van der Waals surface area contributed by atoms with Gasteiger partial charge in [0.1, 0.15) is 0 Å². The molecule has 1 aromatic carbocycles. The van der Waals surface area contributed by atoms with E-state index in [1.54, 1.807) is 30.3 Å². The van der Waals surface area contributed by atoms with Gasteiger partial charge in [0.15, 0.2) is 0 Å². The van der Waals surface area contributed by atoms with Crippen LogP contribution in [0, 0.1) is 0 Å². The highest BCUT2D eigenvalue weighted by atomic mass is 16.5. The first kappa shape index (κ1) is 18.4. The molecule has 1 aliphatic heterocycles. The average Bonchev–Trinajstić information content (AvgIpc) is 2.85. The van der Waals surface area contributed by atoms with Crippen molar-refractivity contribution < 1.29 is 19.1 Å². The number of carbonyl (C=O) groups excluding carboxylic acids is 3. The molecule has 1 aromatic rings. The number of benzene rings is 1. The fraction of sp³-hybridized carbons (Fsp3) is 0.250. The number of hydrogen-bond acceptors (Lipinski definition) is 4. The lowest BCUT2D eigenvalue weighted by atomic mass is 10.1. The fourth-order valence-electron chi connectivity index (χ4n) is 2.55. The van der Waals surface area contributed by atoms with Crippen LogP contribution in [0.2, 0.25) is 0 Å². The molecule has 0 atom stereocenters. The Balaban J connectivity index is 2.19. The number of nitrogens with zero attached hydrogens (tertiary/aromatic N) is 1. The van der Waals surface area contributed by atoms with Gasteiger partial charge in [-0.15, -0.1) is 0 Å². The van der Waals surface area contributed by atoms with Gasteiger partial charge in [-0.1, -0.05) is 42.0 Å². The summed E-state index contributed by atoms with van der Waals surface area (Å²) in [6.45, 7) is 3.86. The SMILES string of the molecule is C\C=C/C(=C\C=C(/C)CC(=O)OC)CN1C(=O)c2ccccc2C1=O. The van der Waals surface area contributed by atoms with Crippen LogP contribution in [0.1, 0.15) is 41.0 Å². The molecular weight excluding hydrogens is 318 g/mol. The summed E-state index contributed by atoms with van der Waals surface area (Å²) >= 11 is 0. The van der Waals surface area contributed by atoms with E-state index < -0.39 is 0 Å². The summed E-state index contributed by atoms with van der Waals surface area (Å²) in [7, 11) is 1.35. The minimum absolute atomic E-state index is 0.179. The van der Waals surface area contributed by atoms with Crippen molar-refractivity contribution in [2.24, 2.45) is 0 Å². The molecule has 1 heterocycles. The number of amides is 2. The molecule has 0 saturated heterocycles. The summed E-state index contributed by atoms with van der Waals surface area (Å²) < 4.78 is 4.63. The Bertz CT molecular complexity index is 752. The van der Waals surface area contributed by atoms with Crippen LogP contribution < -0.4 is 0 Å². The summed E-state index contributed by atoms with van der Waals surface area (Å²) in [5.74, 6) is -0.882. The molecule has 0 bridgehead atoms. The first-order chi connectivity index (χ1) is 12.0. The molecule has 5 nitrogen and oxygen atoms in total. The zero-order valence-corrected chi connectivity index (χ0v) is 14.6. The minimum Gasteiger partial charge on any atom is -0.469 e. The molecule has 0 aliphatic carbocycles. The molecule has 1 aliphatic rings. The lowest BCUT2D eigenvalue weighted by Gasteiger charge is -2.14. The highest BCUT2D eigenvalue weighted by Gasteiger charge is 2.34. The van der Waals surface area contributed by atoms with Crippen LogP contribution in [-0.4, -0.2) is 36.3 Å². The third-order valence-corrected chi connectivity index (χ3v) is 3.83. The molecule has 5 heteroatoms. The smallest absolute Gasteiger partial charge is 0.309 e. The van der Waals surface area contributed by atoms with E-state index in [0.717, 1.165) is 11.1 Å². The second kappa shape index (κ2) is 8.24. The number of methoxy groups -OCH3 is 1. The maximum absolute atomic E-state index is 12.4. The topological polar surface area (TPSA) is 63.7 Å². The Morgan fingerprint density at radius 1 is 1.12 bits per heavy atom. The van der Waals surface area contributed by atoms with Crippen molar-refractivity contribution in [1.29, 1.82) is 0 Å². The van der Waals surface area contributed by atoms with E-state index in [1.807, 2.05) is 32.1 Å². The van der Waals surface area contributed by atoms with Gasteiger partial charge in [0, 0.05) is 0 Å². The zero-order valence-electron chi connectivity index (χ0n) is 14.6. The lowest BCUT2D eigenvalue weighted by molar-refractivity contribution is -0.139. The summed E-state index contributed by atoms with van der Waals surface area (Å²) in [6.07, 6.45) is 7.48. The Hall–Kier alpha value is -2.95. The Morgan fingerprint density at radius 3 is 2.24 bits per heavy atom. The molecule has 0 spiro atoms. The van der Waals surface area contributed by atoms with Gasteiger partial charge in [-0.25, -0.2) is 0 Å². The van der Waals surface area contributed by atoms with Gasteiger partial charge in [0.2, 0.25) is 0 Å². The number of rotatable bonds is 6. The first-order valence-corrected chi connectivity index (χ1v) is 7.99. The molecule has 2 amide bonds. The number of ether oxygens (including phenoxy) is 1. The number of esters is 1. The van der Waals surface area contributed by atoms with E-state index in [0.29, 0.717) is 11.1 Å². The van der Waals surface area contributed by atoms with E-state index in [2.05, 4.69) is 4.74 Å². The minimum atomic E-state index is -0.310. The van der Waals surface area contributed by atoms with E-state index in [4.69, 9.17) is 0 Å². The van der Waals surface area contributed by atoms with Gasteiger partial charge in [0.25, 0.3) is 11.8 Å². The largest absolute Gasteiger partial charge is 0.469 e. The molecule has 2 rings (SSSR count). The van der Waals surface area contributed by atoms with Crippen LogP contribution in [-0.2, 0) is 9.53 Å². The van der Waals surface area contributed by atoms with Crippen molar-refractivity contribution in [3.05, 3.63) is 70.8 Å². The zero-order chi connectivity index (χ0) is 18.4. The normalized spacial score (nSPS) is 15.1. The monoisotopic (exact) mass is 339 g/mol. The predicted molar refractivity (Wildman–Crippen MR) is 95.1 cm³/mol. The van der Waals surface area contributed by atoms with Gasteiger partial charge in [-0.05, 0) is 31.6 Å². The highest BCUT2D eigenvalue weighted by molar-refractivity contribution is 6.21. The molecule has 0 radical (unpaired) electrons. The Kier molecular flexibility index (Phi) is 6.06. The van der Waals surface area contributed by atoms with Gasteiger partial charge in [0.05, 0.1) is 31.2 Å². The number of imide groups is 1. The second-order valence-electron chi connectivity index (χ2n) is 5.75. The molecule has 0 aromatic heterocycles. The van der Waals surface area contributed by atoms with E-state index in [1.165, 1.54) is 12.0 Å². The summed E-state index contributed by atoms with van der Waals surface area (Å²) in [6, 6.07) is 6.81. The van der Waals surface area contributed by atoms with Gasteiger partial charge >= 0.3 is 5.97 Å². The summed E-state index contributed by atoms with van der Waals surface area (Å²) in [5, 5.41) is 0. The van der Waals surface area contributed by atoms with Gasteiger partial charge < -0.3 is 4.74 Å². The van der Waals surface area contributed by atoms with E-state index >= 15 is 0 Å². The Labute approximate surface area is 147 Å².